The summed E-state index contributed by atoms with van der Waals surface area (Å²) in [4.78, 5) is 10.8. The first-order valence-corrected chi connectivity index (χ1v) is 23.2. The molecule has 0 fully saturated rings. The normalized spacial score (nSPS) is 12.6. The van der Waals surface area contributed by atoms with Gasteiger partial charge in [0.2, 0.25) is 5.78 Å². The van der Waals surface area contributed by atoms with Crippen molar-refractivity contribution in [1.82, 2.24) is 0 Å². The van der Waals surface area contributed by atoms with Gasteiger partial charge in [-0.1, -0.05) is 38.1 Å². The van der Waals surface area contributed by atoms with E-state index in [4.69, 9.17) is 29.8 Å². The van der Waals surface area contributed by atoms with Crippen LogP contribution in [0.15, 0.2) is 51.1 Å². The molecule has 0 spiro atoms. The van der Waals surface area contributed by atoms with Gasteiger partial charge in [0.15, 0.2) is 29.5 Å². The third kappa shape index (κ3) is 11.7. The first-order chi connectivity index (χ1) is 24.1. The Bertz CT molecular complexity index is 2690. The maximum atomic E-state index is 13.6. The molecule has 25 heteroatoms. The van der Waals surface area contributed by atoms with Gasteiger partial charge >= 0.3 is 27.4 Å². The van der Waals surface area contributed by atoms with Crippen molar-refractivity contribution in [3.8, 4) is 0 Å². The highest BCUT2D eigenvalue weighted by Gasteiger charge is 2.39. The molecular weight excluding hydrogens is 842 g/mol. The zero-order valence-electron chi connectivity index (χ0n) is 27.3. The average Bonchev–Trinajstić information content (AvgIpc) is 2.97. The Labute approximate surface area is 304 Å². The van der Waals surface area contributed by atoms with E-state index >= 15 is 0 Å². The number of sulfone groups is 3. The summed E-state index contributed by atoms with van der Waals surface area (Å²) in [5, 5.41) is -0.176. The summed E-state index contributed by atoms with van der Waals surface area (Å²) in [7, 11) is -23.5. The quantitative estimate of drug-likeness (QED) is 0.149. The Balaban J connectivity index is 0.00000110. The second-order valence-corrected chi connectivity index (χ2v) is 19.7. The van der Waals surface area contributed by atoms with E-state index in [-0.39, 0.29) is 50.7 Å². The predicted octanol–water partition coefficient (Wildman–Crippen LogP) is 2.67. The van der Waals surface area contributed by atoms with Crippen LogP contribution >= 0.6 is 0 Å². The zero-order chi connectivity index (χ0) is 40.9. The summed E-state index contributed by atoms with van der Waals surface area (Å²) in [5.41, 5.74) is -0.298. The van der Waals surface area contributed by atoms with Crippen LogP contribution in [0.25, 0.3) is 32.3 Å². The van der Waals surface area contributed by atoms with Crippen LogP contribution in [0.4, 0.5) is 13.2 Å². The summed E-state index contributed by atoms with van der Waals surface area (Å²) >= 11 is 0. The van der Waals surface area contributed by atoms with Gasteiger partial charge in [-0.15, -0.1) is 25.3 Å². The Hall–Kier alpha value is -3.62. The molecule has 0 atom stereocenters. The smallest absolute Gasteiger partial charge is 0.289 e. The van der Waals surface area contributed by atoms with E-state index in [2.05, 4.69) is 0 Å². The number of alkyl halides is 3. The second kappa shape index (κ2) is 17.2. The number of halogens is 3. The molecule has 4 aromatic rings. The van der Waals surface area contributed by atoms with Crippen LogP contribution in [0.3, 0.4) is 0 Å². The lowest BCUT2D eigenvalue weighted by Crippen LogP contribution is -2.24. The topological polar surface area (TPSA) is 276 Å². The standard InChI is InChI=1S/C28H29F3O10S4.2O3S/c1-3-10-42(33,34)22-14-17(15-25(32)28(29,30)31)18-6-7-20-24(44(37,38)12-5-13-45(39,40)41)16-23(43(35,36)11-4-2)21-9-8-19(22)26(18)27(20)21;2*1-4(2)3/h6-9,14,16H,3-5,10-13,15H2,1-2H3,(H,39,40,41);;. The first kappa shape index (κ1) is 45.5. The summed E-state index contributed by atoms with van der Waals surface area (Å²) in [6.45, 7) is 3.15. The minimum Gasteiger partial charge on any atom is -0.289 e. The number of hydrogen-bond donors (Lipinski definition) is 1. The number of hydrogen-bond acceptors (Lipinski definition) is 15. The van der Waals surface area contributed by atoms with Crippen LogP contribution in [-0.2, 0) is 72.1 Å². The highest BCUT2D eigenvalue weighted by molar-refractivity contribution is 7.92. The summed E-state index contributed by atoms with van der Waals surface area (Å²) in [6.07, 6.45) is -6.72. The van der Waals surface area contributed by atoms with Gasteiger partial charge in [-0.05, 0) is 53.1 Å². The molecule has 4 rings (SSSR count). The molecule has 0 saturated carbocycles. The lowest BCUT2D eigenvalue weighted by Gasteiger charge is -2.21. The lowest BCUT2D eigenvalue weighted by atomic mass is 9.90. The van der Waals surface area contributed by atoms with Gasteiger partial charge < -0.3 is 0 Å². The fourth-order valence-corrected chi connectivity index (χ4v) is 10.9. The number of Topliss-reactive ketones (excluding diaryl/α,β-unsaturated/α-hetero) is 1. The molecule has 0 aliphatic heterocycles. The Morgan fingerprint density at radius 2 is 0.943 bits per heavy atom. The van der Waals surface area contributed by atoms with Gasteiger partial charge in [0.1, 0.15) is 0 Å². The Kier molecular flexibility index (Phi) is 14.8. The van der Waals surface area contributed by atoms with E-state index in [0.29, 0.717) is 0 Å². The minimum atomic E-state index is -5.24. The molecule has 16 nitrogen and oxygen atoms in total. The molecule has 0 aliphatic carbocycles. The molecule has 0 aromatic heterocycles. The van der Waals surface area contributed by atoms with E-state index in [1.54, 1.807) is 13.8 Å². The molecule has 0 heterocycles. The fourth-order valence-electron chi connectivity index (χ4n) is 5.46. The van der Waals surface area contributed by atoms with E-state index in [0.717, 1.165) is 12.1 Å². The van der Waals surface area contributed by atoms with Crippen LogP contribution < -0.4 is 0 Å². The van der Waals surface area contributed by atoms with Crippen LogP contribution in [0, 0.1) is 0 Å². The first-order valence-electron chi connectivity index (χ1n) is 14.7. The largest absolute Gasteiger partial charge is 0.450 e. The molecule has 0 aliphatic rings. The van der Waals surface area contributed by atoms with Crippen molar-refractivity contribution in [3.63, 3.8) is 0 Å². The zero-order valence-corrected chi connectivity index (χ0v) is 32.2. The molecule has 1 N–H and O–H groups in total. The van der Waals surface area contributed by atoms with Gasteiger partial charge in [-0.3, -0.25) is 9.35 Å². The highest BCUT2D eigenvalue weighted by Crippen LogP contribution is 2.44. The predicted molar refractivity (Wildman–Crippen MR) is 182 cm³/mol. The third-order valence-corrected chi connectivity index (χ3v) is 13.8. The molecular formula is C28H29F3O16S6. The number of rotatable bonds is 13. The van der Waals surface area contributed by atoms with E-state index in [1.165, 1.54) is 24.3 Å². The average molecular weight is 871 g/mol. The Morgan fingerprint density at radius 1 is 0.604 bits per heavy atom. The molecule has 4 aromatic carbocycles. The molecule has 294 valence electrons. The number of ketones is 1. The van der Waals surface area contributed by atoms with Crippen molar-refractivity contribution in [2.75, 3.05) is 23.0 Å². The van der Waals surface area contributed by atoms with Crippen molar-refractivity contribution in [3.05, 3.63) is 42.0 Å². The fraction of sp³-hybridized carbons (Fsp3) is 0.393. The molecule has 53 heavy (non-hydrogen) atoms. The SMILES string of the molecule is CCCS(=O)(=O)c1cc(CC(=O)C(F)(F)F)c2ccc3c(S(=O)(=O)CCCS(=O)(=O)O)cc(S(=O)(=O)CCC)c4ccc1c2c43.O=S(=O)=O.O=S(=O)=O. The van der Waals surface area contributed by atoms with Crippen LogP contribution in [0.2, 0.25) is 0 Å². The summed E-state index contributed by atoms with van der Waals surface area (Å²) < 4.78 is 203. The van der Waals surface area contributed by atoms with Crippen molar-refractivity contribution >= 4 is 98.9 Å². The van der Waals surface area contributed by atoms with Gasteiger partial charge in [0.05, 0.1) is 37.7 Å². The molecule has 0 bridgehead atoms. The van der Waals surface area contributed by atoms with Gasteiger partial charge in [0, 0.05) is 22.6 Å². The maximum Gasteiger partial charge on any atom is 0.450 e. The summed E-state index contributed by atoms with van der Waals surface area (Å²) in [5.74, 6) is -4.65. The van der Waals surface area contributed by atoms with Crippen molar-refractivity contribution in [2.45, 2.75) is 60.4 Å². The number of carbonyl (C=O) groups is 1. The van der Waals surface area contributed by atoms with Crippen LogP contribution in [-0.4, -0.2) is 98.4 Å². The third-order valence-electron chi connectivity index (χ3n) is 7.30. The highest BCUT2D eigenvalue weighted by atomic mass is 32.2. The van der Waals surface area contributed by atoms with Crippen LogP contribution in [0.5, 0.6) is 0 Å². The minimum absolute atomic E-state index is 0.000445. The van der Waals surface area contributed by atoms with E-state index < -0.39 is 123 Å². The van der Waals surface area contributed by atoms with Gasteiger partial charge in [-0.25, -0.2) is 25.3 Å². The Morgan fingerprint density at radius 3 is 1.30 bits per heavy atom. The van der Waals surface area contributed by atoms with E-state index in [9.17, 15) is 51.6 Å². The number of carbonyl (C=O) groups excluding carboxylic acids is 1. The van der Waals surface area contributed by atoms with Crippen molar-refractivity contribution < 1.29 is 81.4 Å². The van der Waals surface area contributed by atoms with Gasteiger partial charge in [0.25, 0.3) is 10.1 Å². The van der Waals surface area contributed by atoms with Crippen LogP contribution in [0.1, 0.15) is 38.7 Å². The van der Waals surface area contributed by atoms with E-state index in [1.807, 2.05) is 0 Å². The lowest BCUT2D eigenvalue weighted by molar-refractivity contribution is -0.170. The maximum absolute atomic E-state index is 13.6. The van der Waals surface area contributed by atoms with Crippen molar-refractivity contribution in [1.29, 1.82) is 0 Å². The monoisotopic (exact) mass is 870 g/mol. The molecule has 0 radical (unpaired) electrons. The van der Waals surface area contributed by atoms with Crippen molar-refractivity contribution in [2.24, 2.45) is 0 Å². The van der Waals surface area contributed by atoms with Gasteiger partial charge in [-0.2, -0.15) is 21.6 Å². The molecule has 0 unspecified atom stereocenters. The molecule has 0 amide bonds. The molecule has 0 saturated heterocycles. The second-order valence-electron chi connectivity index (χ2n) is 11.1. The number of benzene rings is 4. The summed E-state index contributed by atoms with van der Waals surface area (Å²) in [6, 6.07) is 7.05.